The number of carbonyl (C=O) groups excluding carboxylic acids is 1. The van der Waals surface area contributed by atoms with Gasteiger partial charge in [-0.15, -0.1) is 0 Å². The molecule has 0 aliphatic heterocycles. The quantitative estimate of drug-likeness (QED) is 0.642. The summed E-state index contributed by atoms with van der Waals surface area (Å²) in [6.07, 6.45) is 0.538. The summed E-state index contributed by atoms with van der Waals surface area (Å²) in [7, 11) is 1.69. The molecule has 3 unspecified atom stereocenters. The molecule has 1 aromatic carbocycles. The minimum absolute atomic E-state index is 0.0403. The van der Waals surface area contributed by atoms with Crippen LogP contribution in [0.1, 0.15) is 47.8 Å². The summed E-state index contributed by atoms with van der Waals surface area (Å²) in [6, 6.07) is 3.89. The number of aryl methyl sites for hydroxylation is 1. The Hall–Kier alpha value is -2.52. The number of carboxylic acids is 1. The van der Waals surface area contributed by atoms with Crippen molar-refractivity contribution in [2.75, 3.05) is 5.32 Å². The first kappa shape index (κ1) is 21.7. The van der Waals surface area contributed by atoms with Crippen molar-refractivity contribution in [1.82, 2.24) is 9.55 Å². The summed E-state index contributed by atoms with van der Waals surface area (Å²) >= 11 is 5.78. The van der Waals surface area contributed by atoms with Crippen LogP contribution < -0.4 is 5.32 Å². The molecule has 0 radical (unpaired) electrons. The first-order valence-electron chi connectivity index (χ1n) is 9.96. The Morgan fingerprint density at radius 3 is 2.55 bits per heavy atom. The van der Waals surface area contributed by atoms with Gasteiger partial charge in [0, 0.05) is 18.7 Å². The van der Waals surface area contributed by atoms with E-state index in [0.29, 0.717) is 29.9 Å². The molecule has 3 N–H and O–H groups in total. The van der Waals surface area contributed by atoms with Crippen LogP contribution in [0.15, 0.2) is 24.5 Å². The number of nitrogens with zero attached hydrogens (tertiary/aromatic N) is 2. The molecule has 1 heterocycles. The number of carboxylic acid groups (broad SMARTS) is 1. The van der Waals surface area contributed by atoms with E-state index in [9.17, 15) is 23.5 Å². The Bertz CT molecular complexity index is 1030. The largest absolute Gasteiger partial charge is 0.479 e. The van der Waals surface area contributed by atoms with E-state index in [1.165, 1.54) is 18.5 Å². The van der Waals surface area contributed by atoms with E-state index in [1.807, 2.05) is 0 Å². The maximum absolute atomic E-state index is 14.0. The first-order valence-corrected chi connectivity index (χ1v) is 10.3. The minimum atomic E-state index is -2.31. The normalized spacial score (nSPS) is 28.4. The zero-order valence-electron chi connectivity index (χ0n) is 16.7. The smallest absolute Gasteiger partial charge is 0.341 e. The van der Waals surface area contributed by atoms with Crippen molar-refractivity contribution < 1.29 is 28.6 Å². The number of halogens is 3. The number of benzene rings is 1. The van der Waals surface area contributed by atoms with Gasteiger partial charge in [-0.25, -0.2) is 18.6 Å². The summed E-state index contributed by atoms with van der Waals surface area (Å²) in [4.78, 5) is 28.3. The topological polar surface area (TPSA) is 104 Å². The average molecular weight is 454 g/mol. The Balaban J connectivity index is 1.50. The third-order valence-electron chi connectivity index (χ3n) is 6.51. The van der Waals surface area contributed by atoms with Gasteiger partial charge >= 0.3 is 5.97 Å². The summed E-state index contributed by atoms with van der Waals surface area (Å²) in [5.74, 6) is -2.80. The van der Waals surface area contributed by atoms with Gasteiger partial charge in [0.2, 0.25) is 6.17 Å². The van der Waals surface area contributed by atoms with Crippen molar-refractivity contribution in [3.8, 4) is 0 Å². The van der Waals surface area contributed by atoms with Crippen LogP contribution in [0.3, 0.4) is 0 Å². The van der Waals surface area contributed by atoms with Gasteiger partial charge in [-0.3, -0.25) is 4.79 Å². The lowest BCUT2D eigenvalue weighted by Crippen LogP contribution is -2.42. The van der Waals surface area contributed by atoms with Crippen LogP contribution >= 0.6 is 11.6 Å². The minimum Gasteiger partial charge on any atom is -0.479 e. The second-order valence-electron chi connectivity index (χ2n) is 8.57. The maximum atomic E-state index is 14.0. The summed E-state index contributed by atoms with van der Waals surface area (Å²) in [5.41, 5.74) is -0.548. The molecule has 2 aromatic rings. The van der Waals surface area contributed by atoms with Crippen molar-refractivity contribution in [3.63, 3.8) is 0 Å². The molecule has 7 nitrogen and oxygen atoms in total. The highest BCUT2D eigenvalue weighted by Gasteiger charge is 2.55. The summed E-state index contributed by atoms with van der Waals surface area (Å²) in [6.45, 7) is 0. The van der Waals surface area contributed by atoms with Gasteiger partial charge in [0.1, 0.15) is 17.1 Å². The van der Waals surface area contributed by atoms with E-state index in [4.69, 9.17) is 16.7 Å². The number of fused-ring (bicyclic) bond motifs is 1. The van der Waals surface area contributed by atoms with E-state index in [-0.39, 0.29) is 35.6 Å². The van der Waals surface area contributed by atoms with Crippen molar-refractivity contribution in [1.29, 1.82) is 0 Å². The Morgan fingerprint density at radius 1 is 1.32 bits per heavy atom. The number of aliphatic hydroxyl groups is 1. The Labute approximate surface area is 182 Å². The number of aromatic nitrogens is 2. The van der Waals surface area contributed by atoms with E-state index in [0.717, 1.165) is 6.07 Å². The highest BCUT2D eigenvalue weighted by Crippen LogP contribution is 2.55. The van der Waals surface area contributed by atoms with Gasteiger partial charge in [0.15, 0.2) is 0 Å². The number of anilines is 1. The highest BCUT2D eigenvalue weighted by molar-refractivity contribution is 6.31. The molecular formula is C21H22ClF2N3O4. The fraction of sp³-hybridized carbons (Fsp3) is 0.476. The van der Waals surface area contributed by atoms with Crippen LogP contribution in [0.4, 0.5) is 14.5 Å². The lowest BCUT2D eigenvalue weighted by Gasteiger charge is -2.25. The van der Waals surface area contributed by atoms with E-state index >= 15 is 0 Å². The number of hydrogen-bond donors (Lipinski definition) is 3. The molecule has 2 saturated carbocycles. The molecule has 2 aliphatic rings. The molecule has 3 atom stereocenters. The van der Waals surface area contributed by atoms with Crippen LogP contribution in [0.25, 0.3) is 0 Å². The Morgan fingerprint density at radius 2 is 1.97 bits per heavy atom. The van der Waals surface area contributed by atoms with Crippen LogP contribution in [0, 0.1) is 17.7 Å². The number of alkyl halides is 1. The van der Waals surface area contributed by atoms with Crippen molar-refractivity contribution >= 4 is 29.2 Å². The lowest BCUT2D eigenvalue weighted by atomic mass is 9.89. The second kappa shape index (κ2) is 7.87. The number of rotatable bonds is 5. The molecule has 10 heteroatoms. The maximum Gasteiger partial charge on any atom is 0.341 e. The Kier molecular flexibility index (Phi) is 5.51. The van der Waals surface area contributed by atoms with Gasteiger partial charge in [-0.2, -0.15) is 0 Å². The predicted molar refractivity (Wildman–Crippen MR) is 108 cm³/mol. The van der Waals surface area contributed by atoms with Crippen LogP contribution in [-0.4, -0.2) is 43.4 Å². The molecule has 31 heavy (non-hydrogen) atoms. The zero-order chi connectivity index (χ0) is 22.5. The second-order valence-corrected chi connectivity index (χ2v) is 8.98. The van der Waals surface area contributed by atoms with Gasteiger partial charge < -0.3 is 20.1 Å². The molecule has 0 bridgehead atoms. The standard InChI is InChI=1S/C21H22ClF2N3O4/c1-27-9-25-16(17(27)19(28)26-13-2-3-15(23)14(22)6-13)10-4-11-7-21(31,8-12(11)5-10)18(24)20(29)30/h2-3,6,9-12,18,31H,4-5,7-8H2,1H3,(H,26,28)(H,29,30). The zero-order valence-corrected chi connectivity index (χ0v) is 17.4. The molecule has 4 rings (SSSR count). The van der Waals surface area contributed by atoms with Crippen LogP contribution in [-0.2, 0) is 11.8 Å². The predicted octanol–water partition coefficient (Wildman–Crippen LogP) is 3.52. The number of amides is 1. The summed E-state index contributed by atoms with van der Waals surface area (Å²) < 4.78 is 29.0. The monoisotopic (exact) mass is 453 g/mol. The molecule has 2 fully saturated rings. The number of aliphatic carboxylic acids is 1. The number of carbonyl (C=O) groups is 2. The van der Waals surface area contributed by atoms with Gasteiger partial charge in [0.05, 0.1) is 17.0 Å². The molecule has 2 aliphatic carbocycles. The molecule has 1 amide bonds. The molecule has 1 aromatic heterocycles. The lowest BCUT2D eigenvalue weighted by molar-refractivity contribution is -0.154. The van der Waals surface area contributed by atoms with Crippen LogP contribution in [0.5, 0.6) is 0 Å². The van der Waals surface area contributed by atoms with Gasteiger partial charge in [-0.1, -0.05) is 11.6 Å². The third kappa shape index (κ3) is 3.92. The number of imidazole rings is 1. The van der Waals surface area contributed by atoms with E-state index in [1.54, 1.807) is 11.6 Å². The number of hydrogen-bond acceptors (Lipinski definition) is 4. The van der Waals surface area contributed by atoms with Crippen molar-refractivity contribution in [3.05, 3.63) is 46.8 Å². The first-order chi connectivity index (χ1) is 14.6. The molecule has 166 valence electrons. The fourth-order valence-electron chi connectivity index (χ4n) is 5.15. The van der Waals surface area contributed by atoms with Crippen molar-refractivity contribution in [2.45, 2.75) is 43.4 Å². The fourth-order valence-corrected chi connectivity index (χ4v) is 5.33. The number of nitrogens with one attached hydrogen (secondary N) is 1. The van der Waals surface area contributed by atoms with Crippen molar-refractivity contribution in [2.24, 2.45) is 18.9 Å². The van der Waals surface area contributed by atoms with Gasteiger partial charge in [0.25, 0.3) is 5.91 Å². The molecular weight excluding hydrogens is 432 g/mol. The van der Waals surface area contributed by atoms with Crippen LogP contribution in [0.2, 0.25) is 5.02 Å². The average Bonchev–Trinajstić information content (AvgIpc) is 3.35. The highest BCUT2D eigenvalue weighted by atomic mass is 35.5. The van der Waals surface area contributed by atoms with E-state index in [2.05, 4.69) is 10.3 Å². The third-order valence-corrected chi connectivity index (χ3v) is 6.80. The van der Waals surface area contributed by atoms with E-state index < -0.39 is 29.5 Å². The summed E-state index contributed by atoms with van der Waals surface area (Å²) in [5, 5.41) is 22.0. The molecule has 0 saturated heterocycles. The molecule has 0 spiro atoms. The SMILES string of the molecule is Cn1cnc(C2CC3CC(O)(C(F)C(=O)O)CC3C2)c1C(=O)Nc1ccc(F)c(Cl)c1. The van der Waals surface area contributed by atoms with Gasteiger partial charge in [-0.05, 0) is 55.7 Å².